The molecule has 23 heavy (non-hydrogen) atoms. The van der Waals surface area contributed by atoms with Gasteiger partial charge in [0.2, 0.25) is 0 Å². The zero-order chi connectivity index (χ0) is 16.6. The Morgan fingerprint density at radius 1 is 1.35 bits per heavy atom. The van der Waals surface area contributed by atoms with E-state index in [1.165, 1.54) is 11.8 Å². The standard InChI is InChI=1S/C15H16ClN5S2/c1-20(2)13-11-6-7-22-15(11)21(18)14(19-13)12(17)23-10-5-3-4-9(16)8-10/h3-8H,17-18H2,1-2H3/b14-12+. The zero-order valence-electron chi connectivity index (χ0n) is 12.7. The normalized spacial score (nSPS) is 16.0. The van der Waals surface area contributed by atoms with E-state index in [0.29, 0.717) is 15.9 Å². The summed E-state index contributed by atoms with van der Waals surface area (Å²) in [5, 5.41) is 5.65. The molecule has 0 atom stereocenters. The number of thioether (sulfide) groups is 1. The Labute approximate surface area is 148 Å². The molecule has 0 unspecified atom stereocenters. The lowest BCUT2D eigenvalue weighted by Gasteiger charge is -2.28. The minimum absolute atomic E-state index is 0.521. The lowest BCUT2D eigenvalue weighted by Crippen LogP contribution is -2.38. The van der Waals surface area contributed by atoms with E-state index in [0.717, 1.165) is 21.3 Å². The smallest absolute Gasteiger partial charge is 0.180 e. The first-order chi connectivity index (χ1) is 11.0. The van der Waals surface area contributed by atoms with Crippen LogP contribution in [0.4, 0.5) is 5.00 Å². The molecule has 5 nitrogen and oxygen atoms in total. The van der Waals surface area contributed by atoms with Crippen molar-refractivity contribution in [1.82, 2.24) is 4.90 Å². The van der Waals surface area contributed by atoms with Crippen LogP contribution in [0.5, 0.6) is 0 Å². The van der Waals surface area contributed by atoms with Gasteiger partial charge in [0.1, 0.15) is 15.9 Å². The molecule has 1 aromatic heterocycles. The highest BCUT2D eigenvalue weighted by atomic mass is 35.5. The van der Waals surface area contributed by atoms with Gasteiger partial charge in [-0.05, 0) is 29.6 Å². The highest BCUT2D eigenvalue weighted by molar-refractivity contribution is 8.03. The van der Waals surface area contributed by atoms with Crippen LogP contribution in [0.15, 0.2) is 56.4 Å². The Bertz CT molecular complexity index is 797. The molecule has 120 valence electrons. The number of nitrogens with two attached hydrogens (primary N) is 2. The number of halogens is 1. The fraction of sp³-hybridized carbons (Fsp3) is 0.133. The van der Waals surface area contributed by atoms with E-state index in [-0.39, 0.29) is 0 Å². The first-order valence-electron chi connectivity index (χ1n) is 6.79. The summed E-state index contributed by atoms with van der Waals surface area (Å²) >= 11 is 8.97. The average Bonchev–Trinajstić information content (AvgIpc) is 2.97. The van der Waals surface area contributed by atoms with Crippen molar-refractivity contribution in [2.45, 2.75) is 4.90 Å². The molecule has 0 aliphatic carbocycles. The fourth-order valence-corrected chi connectivity index (χ4v) is 4.08. The molecule has 0 saturated carbocycles. The van der Waals surface area contributed by atoms with Crippen molar-refractivity contribution in [3.8, 4) is 0 Å². The number of nitrogens with zero attached hydrogens (tertiary/aromatic N) is 3. The van der Waals surface area contributed by atoms with Crippen LogP contribution in [0.25, 0.3) is 0 Å². The Hall–Kier alpha value is -1.67. The zero-order valence-corrected chi connectivity index (χ0v) is 15.0. The summed E-state index contributed by atoms with van der Waals surface area (Å²) in [7, 11) is 3.90. The van der Waals surface area contributed by atoms with Gasteiger partial charge < -0.3 is 10.6 Å². The molecular weight excluding hydrogens is 350 g/mol. The van der Waals surface area contributed by atoms with Crippen LogP contribution in [0.1, 0.15) is 5.56 Å². The molecule has 1 aromatic carbocycles. The molecule has 4 N–H and O–H groups in total. The second-order valence-corrected chi connectivity index (χ2v) is 7.53. The molecule has 0 amide bonds. The minimum atomic E-state index is 0.521. The Kier molecular flexibility index (Phi) is 4.54. The van der Waals surface area contributed by atoms with Crippen LogP contribution in [0.2, 0.25) is 5.02 Å². The predicted molar refractivity (Wildman–Crippen MR) is 99.7 cm³/mol. The van der Waals surface area contributed by atoms with E-state index in [1.54, 1.807) is 16.3 Å². The molecular formula is C15H16ClN5S2. The maximum Gasteiger partial charge on any atom is 0.180 e. The molecule has 1 aliphatic rings. The van der Waals surface area contributed by atoms with Crippen molar-refractivity contribution in [2.75, 3.05) is 19.1 Å². The number of thiophene rings is 1. The van der Waals surface area contributed by atoms with E-state index in [1.807, 2.05) is 54.7 Å². The van der Waals surface area contributed by atoms with Crippen molar-refractivity contribution >= 4 is 45.5 Å². The van der Waals surface area contributed by atoms with Gasteiger partial charge in [-0.25, -0.2) is 15.8 Å². The maximum atomic E-state index is 6.27. The molecule has 2 heterocycles. The van der Waals surface area contributed by atoms with Crippen molar-refractivity contribution in [1.29, 1.82) is 0 Å². The lowest BCUT2D eigenvalue weighted by molar-refractivity contribution is 0.619. The van der Waals surface area contributed by atoms with E-state index < -0.39 is 0 Å². The topological polar surface area (TPSA) is 70.9 Å². The maximum absolute atomic E-state index is 6.27. The van der Waals surface area contributed by atoms with Crippen molar-refractivity contribution in [3.05, 3.63) is 57.1 Å². The first-order valence-corrected chi connectivity index (χ1v) is 8.86. The van der Waals surface area contributed by atoms with Gasteiger partial charge in [-0.1, -0.05) is 29.4 Å². The summed E-state index contributed by atoms with van der Waals surface area (Å²) < 4.78 is 0. The van der Waals surface area contributed by atoms with Crippen molar-refractivity contribution in [2.24, 2.45) is 16.6 Å². The van der Waals surface area contributed by atoms with Gasteiger partial charge in [0, 0.05) is 24.0 Å². The Morgan fingerprint density at radius 3 is 2.83 bits per heavy atom. The third-order valence-corrected chi connectivity index (χ3v) is 5.25. The number of rotatable bonds is 2. The molecule has 8 heteroatoms. The summed E-state index contributed by atoms with van der Waals surface area (Å²) in [6, 6.07) is 9.52. The highest BCUT2D eigenvalue weighted by Crippen LogP contribution is 2.37. The SMILES string of the molecule is CN(C)C1=N/C(=C(/N)Sc2cccc(Cl)c2)N(N)c2sccc21. The summed E-state index contributed by atoms with van der Waals surface area (Å²) in [6.07, 6.45) is 0. The highest BCUT2D eigenvalue weighted by Gasteiger charge is 2.26. The van der Waals surface area contributed by atoms with E-state index in [2.05, 4.69) is 4.99 Å². The summed E-state index contributed by atoms with van der Waals surface area (Å²) in [6.45, 7) is 0. The molecule has 0 saturated heterocycles. The number of anilines is 1. The Morgan fingerprint density at radius 2 is 2.13 bits per heavy atom. The van der Waals surface area contributed by atoms with E-state index >= 15 is 0 Å². The third kappa shape index (κ3) is 3.18. The number of hydrogen-bond donors (Lipinski definition) is 2. The summed E-state index contributed by atoms with van der Waals surface area (Å²) in [4.78, 5) is 7.54. The van der Waals surface area contributed by atoms with Crippen LogP contribution in [0.3, 0.4) is 0 Å². The Balaban J connectivity index is 2.02. The molecule has 3 rings (SSSR count). The number of fused-ring (bicyclic) bond motifs is 1. The average molecular weight is 366 g/mol. The van der Waals surface area contributed by atoms with Gasteiger partial charge in [0.25, 0.3) is 0 Å². The number of hydrazine groups is 1. The van der Waals surface area contributed by atoms with E-state index in [4.69, 9.17) is 23.2 Å². The number of amidine groups is 1. The first kappa shape index (κ1) is 16.2. The molecule has 1 aliphatic heterocycles. The van der Waals surface area contributed by atoms with E-state index in [9.17, 15) is 0 Å². The number of hydrogen-bond acceptors (Lipinski definition) is 7. The van der Waals surface area contributed by atoms with Crippen molar-refractivity contribution in [3.63, 3.8) is 0 Å². The van der Waals surface area contributed by atoms with Gasteiger partial charge in [0.05, 0.1) is 5.56 Å². The van der Waals surface area contributed by atoms with Crippen LogP contribution in [-0.4, -0.2) is 24.8 Å². The third-order valence-electron chi connectivity index (χ3n) is 3.21. The van der Waals surface area contributed by atoms with Crippen LogP contribution in [0, 0.1) is 0 Å². The van der Waals surface area contributed by atoms with Gasteiger partial charge in [0.15, 0.2) is 5.82 Å². The molecule has 0 spiro atoms. The minimum Gasteiger partial charge on any atom is -0.390 e. The largest absolute Gasteiger partial charge is 0.390 e. The second-order valence-electron chi connectivity index (χ2n) is 5.09. The van der Waals surface area contributed by atoms with Crippen LogP contribution < -0.4 is 16.6 Å². The monoisotopic (exact) mass is 365 g/mol. The molecule has 0 fully saturated rings. The lowest BCUT2D eigenvalue weighted by atomic mass is 10.2. The number of aliphatic imine (C=N–C) groups is 1. The molecule has 0 bridgehead atoms. The predicted octanol–water partition coefficient (Wildman–Crippen LogP) is 3.28. The van der Waals surface area contributed by atoms with Crippen molar-refractivity contribution < 1.29 is 0 Å². The second kappa shape index (κ2) is 6.45. The van der Waals surface area contributed by atoms with Gasteiger partial charge in [-0.2, -0.15) is 0 Å². The molecule has 2 aromatic rings. The van der Waals surface area contributed by atoms with Gasteiger partial charge in [-0.3, -0.25) is 0 Å². The fourth-order valence-electron chi connectivity index (χ4n) is 2.19. The number of benzene rings is 1. The molecule has 0 radical (unpaired) electrons. The quantitative estimate of drug-likeness (QED) is 0.631. The summed E-state index contributed by atoms with van der Waals surface area (Å²) in [5.41, 5.74) is 7.27. The summed E-state index contributed by atoms with van der Waals surface area (Å²) in [5.74, 6) is 7.60. The van der Waals surface area contributed by atoms with Gasteiger partial charge >= 0.3 is 0 Å². The van der Waals surface area contributed by atoms with Crippen LogP contribution >= 0.6 is 34.7 Å². The van der Waals surface area contributed by atoms with Gasteiger partial charge in [-0.15, -0.1) is 11.3 Å². The van der Waals surface area contributed by atoms with Crippen LogP contribution in [-0.2, 0) is 0 Å².